The van der Waals surface area contributed by atoms with Gasteiger partial charge >= 0.3 is 0 Å². The molecule has 2 aliphatic heterocycles. The average Bonchev–Trinajstić information content (AvgIpc) is 2.86. The highest BCUT2D eigenvalue weighted by Crippen LogP contribution is 2.23. The van der Waals surface area contributed by atoms with E-state index in [1.165, 1.54) is 6.42 Å². The minimum absolute atomic E-state index is 0. The highest BCUT2D eigenvalue weighted by molar-refractivity contribution is 5.86. The van der Waals surface area contributed by atoms with E-state index in [0.29, 0.717) is 6.54 Å². The van der Waals surface area contributed by atoms with Gasteiger partial charge in [-0.3, -0.25) is 4.79 Å². The van der Waals surface area contributed by atoms with Crippen molar-refractivity contribution in [2.24, 2.45) is 0 Å². The van der Waals surface area contributed by atoms with Gasteiger partial charge in [-0.25, -0.2) is 4.98 Å². The summed E-state index contributed by atoms with van der Waals surface area (Å²) in [4.78, 5) is 18.9. The third-order valence-corrected chi connectivity index (χ3v) is 4.12. The van der Waals surface area contributed by atoms with E-state index in [0.717, 1.165) is 38.3 Å². The van der Waals surface area contributed by atoms with Crippen LogP contribution in [0.5, 0.6) is 0 Å². The number of hydrogen-bond donors (Lipinski definition) is 1. The monoisotopic (exact) mass is 320 g/mol. The maximum Gasteiger partial charge on any atom is 0.243 e. The smallest absolute Gasteiger partial charge is 0.243 e. The van der Waals surface area contributed by atoms with Crippen molar-refractivity contribution in [1.82, 2.24) is 19.8 Å². The van der Waals surface area contributed by atoms with Gasteiger partial charge in [-0.1, -0.05) is 0 Å². The summed E-state index contributed by atoms with van der Waals surface area (Å²) < 4.78 is 2.13. The van der Waals surface area contributed by atoms with E-state index in [-0.39, 0.29) is 36.3 Å². The first-order valence-electron chi connectivity index (χ1n) is 6.73. The van der Waals surface area contributed by atoms with E-state index in [4.69, 9.17) is 0 Å². The Morgan fingerprint density at radius 2 is 2.15 bits per heavy atom. The molecule has 1 fully saturated rings. The molecule has 3 heterocycles. The topological polar surface area (TPSA) is 50.2 Å². The van der Waals surface area contributed by atoms with Crippen LogP contribution in [0, 0.1) is 0 Å². The van der Waals surface area contributed by atoms with Crippen LogP contribution in [-0.2, 0) is 17.9 Å². The predicted octanol–water partition coefficient (Wildman–Crippen LogP) is 1.60. The number of amides is 1. The van der Waals surface area contributed by atoms with Crippen molar-refractivity contribution in [3.05, 3.63) is 18.2 Å². The molecule has 0 aromatic carbocycles. The number of imidazole rings is 1. The second kappa shape index (κ2) is 6.78. The lowest BCUT2D eigenvalue weighted by Crippen LogP contribution is -2.58. The fraction of sp³-hybridized carbons (Fsp3) is 0.692. The van der Waals surface area contributed by atoms with Crippen molar-refractivity contribution in [3.8, 4) is 0 Å². The Morgan fingerprint density at radius 1 is 1.35 bits per heavy atom. The molecule has 0 bridgehead atoms. The van der Waals surface area contributed by atoms with Gasteiger partial charge in [0.2, 0.25) is 5.91 Å². The van der Waals surface area contributed by atoms with Crippen LogP contribution in [0.1, 0.15) is 32.0 Å². The van der Waals surface area contributed by atoms with Gasteiger partial charge in [0.25, 0.3) is 0 Å². The third-order valence-electron chi connectivity index (χ3n) is 4.12. The maximum absolute atomic E-state index is 12.6. The van der Waals surface area contributed by atoms with Crippen molar-refractivity contribution in [1.29, 1.82) is 0 Å². The largest absolute Gasteiger partial charge is 0.332 e. The van der Waals surface area contributed by atoms with Gasteiger partial charge in [0.15, 0.2) is 0 Å². The second-order valence-electron chi connectivity index (χ2n) is 5.48. The van der Waals surface area contributed by atoms with E-state index < -0.39 is 0 Å². The molecule has 1 aromatic rings. The summed E-state index contributed by atoms with van der Waals surface area (Å²) in [5.74, 6) is 1.23. The Kier molecular flexibility index (Phi) is 5.86. The zero-order chi connectivity index (χ0) is 12.6. The van der Waals surface area contributed by atoms with Crippen molar-refractivity contribution >= 4 is 30.7 Å². The lowest BCUT2D eigenvalue weighted by molar-refractivity contribution is -0.140. The zero-order valence-corrected chi connectivity index (χ0v) is 13.3. The van der Waals surface area contributed by atoms with Crippen LogP contribution in [-0.4, -0.2) is 39.0 Å². The Balaban J connectivity index is 0.000001000. The predicted molar refractivity (Wildman–Crippen MR) is 82.4 cm³/mol. The summed E-state index contributed by atoms with van der Waals surface area (Å²) in [5.41, 5.74) is -0.368. The molecule has 2 aliphatic rings. The maximum atomic E-state index is 12.6. The SMILES string of the molecule is CC1(C(=O)N2CCn3ccnc3C2)CCCCN1.Cl.Cl. The summed E-state index contributed by atoms with van der Waals surface area (Å²) in [7, 11) is 0. The molecule has 1 aromatic heterocycles. The first kappa shape index (κ1) is 17.3. The number of halogens is 2. The Labute approximate surface area is 131 Å². The van der Waals surface area contributed by atoms with Gasteiger partial charge in [-0.15, -0.1) is 24.8 Å². The van der Waals surface area contributed by atoms with Crippen molar-refractivity contribution in [2.45, 2.75) is 44.8 Å². The van der Waals surface area contributed by atoms with Crippen LogP contribution in [0.15, 0.2) is 12.4 Å². The summed E-state index contributed by atoms with van der Waals surface area (Å²) in [6, 6.07) is 0. The van der Waals surface area contributed by atoms with E-state index in [1.54, 1.807) is 0 Å². The normalized spacial score (nSPS) is 25.1. The standard InChI is InChI=1S/C13H20N4O.2ClH/c1-13(4-2-3-5-15-13)12(18)17-9-8-16-7-6-14-11(16)10-17;;/h6-7,15H,2-5,8-10H2,1H3;2*1H. The van der Waals surface area contributed by atoms with Crippen LogP contribution in [0.25, 0.3) is 0 Å². The van der Waals surface area contributed by atoms with E-state index >= 15 is 0 Å². The fourth-order valence-corrected chi connectivity index (χ4v) is 2.93. The van der Waals surface area contributed by atoms with Crippen LogP contribution >= 0.6 is 24.8 Å². The highest BCUT2D eigenvalue weighted by Gasteiger charge is 2.38. The molecule has 20 heavy (non-hydrogen) atoms. The number of rotatable bonds is 1. The molecule has 0 spiro atoms. The Morgan fingerprint density at radius 3 is 2.85 bits per heavy atom. The molecule has 1 unspecified atom stereocenters. The molecule has 1 amide bonds. The van der Waals surface area contributed by atoms with Crippen molar-refractivity contribution < 1.29 is 4.79 Å². The molecule has 1 atom stereocenters. The quantitative estimate of drug-likeness (QED) is 0.855. The summed E-state index contributed by atoms with van der Waals surface area (Å²) in [6.07, 6.45) is 7.05. The van der Waals surface area contributed by atoms with Crippen LogP contribution in [0.4, 0.5) is 0 Å². The van der Waals surface area contributed by atoms with Crippen LogP contribution in [0.2, 0.25) is 0 Å². The number of piperidine rings is 1. The summed E-state index contributed by atoms with van der Waals surface area (Å²) >= 11 is 0. The number of carbonyl (C=O) groups is 1. The molecule has 0 saturated carbocycles. The van der Waals surface area contributed by atoms with E-state index in [9.17, 15) is 4.79 Å². The molecule has 1 saturated heterocycles. The first-order chi connectivity index (χ1) is 8.69. The lowest BCUT2D eigenvalue weighted by Gasteiger charge is -2.39. The lowest BCUT2D eigenvalue weighted by atomic mass is 9.89. The fourth-order valence-electron chi connectivity index (χ4n) is 2.93. The minimum Gasteiger partial charge on any atom is -0.332 e. The average molecular weight is 321 g/mol. The Bertz CT molecular complexity index is 457. The minimum atomic E-state index is -0.368. The highest BCUT2D eigenvalue weighted by atomic mass is 35.5. The molecular weight excluding hydrogens is 299 g/mol. The summed E-state index contributed by atoms with van der Waals surface area (Å²) in [5, 5.41) is 3.39. The summed E-state index contributed by atoms with van der Waals surface area (Å²) in [6.45, 7) is 5.28. The number of nitrogens with zero attached hydrogens (tertiary/aromatic N) is 3. The van der Waals surface area contributed by atoms with Crippen molar-refractivity contribution in [3.63, 3.8) is 0 Å². The van der Waals surface area contributed by atoms with Gasteiger partial charge in [-0.2, -0.15) is 0 Å². The molecule has 114 valence electrons. The third kappa shape index (κ3) is 3.10. The van der Waals surface area contributed by atoms with Gasteiger partial charge in [0.1, 0.15) is 5.82 Å². The molecular formula is C13H22Cl2N4O. The number of aromatic nitrogens is 2. The van der Waals surface area contributed by atoms with Crippen LogP contribution in [0.3, 0.4) is 0 Å². The van der Waals surface area contributed by atoms with Gasteiger partial charge in [0, 0.05) is 25.5 Å². The number of fused-ring (bicyclic) bond motifs is 1. The molecule has 7 heteroatoms. The van der Waals surface area contributed by atoms with Gasteiger partial charge in [0.05, 0.1) is 12.1 Å². The van der Waals surface area contributed by atoms with Gasteiger partial charge in [-0.05, 0) is 32.7 Å². The molecule has 1 N–H and O–H groups in total. The van der Waals surface area contributed by atoms with E-state index in [2.05, 4.69) is 14.9 Å². The first-order valence-corrected chi connectivity index (χ1v) is 6.73. The van der Waals surface area contributed by atoms with Gasteiger partial charge < -0.3 is 14.8 Å². The second-order valence-corrected chi connectivity index (χ2v) is 5.48. The Hall–Kier alpha value is -0.780. The number of carbonyl (C=O) groups excluding carboxylic acids is 1. The molecule has 3 rings (SSSR count). The molecule has 5 nitrogen and oxygen atoms in total. The zero-order valence-electron chi connectivity index (χ0n) is 11.7. The number of hydrogen-bond acceptors (Lipinski definition) is 3. The molecule has 0 aliphatic carbocycles. The van der Waals surface area contributed by atoms with Crippen molar-refractivity contribution in [2.75, 3.05) is 13.1 Å². The number of nitrogens with one attached hydrogen (secondary N) is 1. The molecule has 0 radical (unpaired) electrons. The van der Waals surface area contributed by atoms with Crippen LogP contribution < -0.4 is 5.32 Å². The van der Waals surface area contributed by atoms with E-state index in [1.807, 2.05) is 24.2 Å².